The molecule has 1 fully saturated rings. The number of amides is 3. The number of nitrogens with one attached hydrogen (secondary N) is 2. The fourth-order valence-electron chi connectivity index (χ4n) is 4.49. The molecular weight excluding hydrogens is 508 g/mol. The highest BCUT2D eigenvalue weighted by Gasteiger charge is 2.40. The number of anilines is 2. The molecule has 1 saturated heterocycles. The molecule has 0 saturated carbocycles. The second-order valence-electron chi connectivity index (χ2n) is 8.96. The summed E-state index contributed by atoms with van der Waals surface area (Å²) in [6, 6.07) is 13.3. The zero-order chi connectivity index (χ0) is 25.5. The van der Waals surface area contributed by atoms with Crippen molar-refractivity contribution in [2.45, 2.75) is 63.7 Å². The number of carbonyl (C=O) groups is 2. The third-order valence-corrected chi connectivity index (χ3v) is 7.33. The number of urea groups is 1. The number of halogens is 1. The van der Waals surface area contributed by atoms with E-state index in [4.69, 9.17) is 4.74 Å². The average Bonchev–Trinajstić information content (AvgIpc) is 3.32. The number of hydrogen-bond donors (Lipinski definition) is 2. The lowest BCUT2D eigenvalue weighted by atomic mass is 9.95. The van der Waals surface area contributed by atoms with Gasteiger partial charge in [0.05, 0.1) is 6.10 Å². The molecule has 0 aromatic heterocycles. The molecule has 0 aliphatic carbocycles. The number of carbonyl (C=O) groups excluding carboxylic acids is 2. The highest BCUT2D eigenvalue weighted by atomic mass is 79.9. The van der Waals surface area contributed by atoms with Crippen LogP contribution < -0.4 is 10.6 Å². The van der Waals surface area contributed by atoms with Gasteiger partial charge in [-0.25, -0.2) is 4.79 Å². The van der Waals surface area contributed by atoms with Gasteiger partial charge in [-0.15, -0.1) is 0 Å². The quantitative estimate of drug-likeness (QED) is 0.504. The molecule has 2 heterocycles. The summed E-state index contributed by atoms with van der Waals surface area (Å²) in [5, 5.41) is 6.70. The second kappa shape index (κ2) is 12.5. The van der Waals surface area contributed by atoms with Crippen LogP contribution in [0.2, 0.25) is 0 Å². The molecule has 2 aliphatic heterocycles. The Bertz CT molecular complexity index is 1010. The first-order chi connectivity index (χ1) is 16.9. The van der Waals surface area contributed by atoms with Crippen LogP contribution >= 0.6 is 15.9 Å². The summed E-state index contributed by atoms with van der Waals surface area (Å²) in [6.45, 7) is 7.49. The van der Waals surface area contributed by atoms with Crippen LogP contribution in [0.25, 0.3) is 0 Å². The molecule has 2 N–H and O–H groups in total. The lowest BCUT2D eigenvalue weighted by Gasteiger charge is -2.32. The van der Waals surface area contributed by atoms with Crippen molar-refractivity contribution in [1.29, 1.82) is 0 Å². The summed E-state index contributed by atoms with van der Waals surface area (Å²) in [7, 11) is 3.74. The van der Waals surface area contributed by atoms with Gasteiger partial charge in [0.25, 0.3) is 0 Å². The van der Waals surface area contributed by atoms with Crippen LogP contribution in [-0.2, 0) is 27.8 Å². The van der Waals surface area contributed by atoms with Crippen molar-refractivity contribution in [3.05, 3.63) is 59.2 Å². The van der Waals surface area contributed by atoms with Crippen LogP contribution in [0.3, 0.4) is 0 Å². The number of fused-ring (bicyclic) bond motifs is 1. The monoisotopic (exact) mass is 544 g/mol. The van der Waals surface area contributed by atoms with Gasteiger partial charge < -0.3 is 20.3 Å². The normalized spacial score (nSPS) is 21.5. The predicted octanol–water partition coefficient (Wildman–Crippen LogP) is 5.24. The highest BCUT2D eigenvalue weighted by Crippen LogP contribution is 2.27. The van der Waals surface area contributed by atoms with Crippen molar-refractivity contribution in [1.82, 2.24) is 9.80 Å². The number of nitrogens with zero attached hydrogens (tertiary/aromatic N) is 2. The van der Waals surface area contributed by atoms with Gasteiger partial charge in [0.1, 0.15) is 6.04 Å². The Balaban J connectivity index is 0.00000167. The van der Waals surface area contributed by atoms with Crippen molar-refractivity contribution >= 4 is 39.2 Å². The summed E-state index contributed by atoms with van der Waals surface area (Å²) in [5.74, 6) is -0.194. The minimum Gasteiger partial charge on any atom is -0.380 e. The number of benzene rings is 2. The Kier molecular flexibility index (Phi) is 9.71. The van der Waals surface area contributed by atoms with Crippen molar-refractivity contribution in [2.24, 2.45) is 0 Å². The van der Waals surface area contributed by atoms with E-state index in [1.54, 1.807) is 12.0 Å². The molecule has 0 bridgehead atoms. The van der Waals surface area contributed by atoms with Gasteiger partial charge in [-0.2, -0.15) is 0 Å². The topological polar surface area (TPSA) is 73.9 Å². The summed E-state index contributed by atoms with van der Waals surface area (Å²) in [6.07, 6.45) is 1.24. The Labute approximate surface area is 217 Å². The first kappa shape index (κ1) is 27.2. The van der Waals surface area contributed by atoms with Crippen LogP contribution in [0, 0.1) is 0 Å². The fourth-order valence-corrected chi connectivity index (χ4v) is 4.86. The van der Waals surface area contributed by atoms with E-state index in [1.807, 2.05) is 44.2 Å². The third kappa shape index (κ3) is 6.63. The van der Waals surface area contributed by atoms with E-state index in [1.165, 1.54) is 11.1 Å². The second-order valence-corrected chi connectivity index (χ2v) is 9.52. The van der Waals surface area contributed by atoms with Gasteiger partial charge in [0, 0.05) is 49.4 Å². The minimum absolute atomic E-state index is 0.179. The maximum absolute atomic E-state index is 13.2. The first-order valence-corrected chi connectivity index (χ1v) is 13.4. The van der Waals surface area contributed by atoms with Crippen molar-refractivity contribution in [3.8, 4) is 0 Å². The van der Waals surface area contributed by atoms with Crippen LogP contribution in [-0.4, -0.2) is 60.6 Å². The Morgan fingerprint density at radius 2 is 1.74 bits per heavy atom. The molecule has 3 atom stereocenters. The van der Waals surface area contributed by atoms with E-state index in [0.29, 0.717) is 24.7 Å². The number of methoxy groups -OCH3 is 1. The Morgan fingerprint density at radius 3 is 2.40 bits per heavy atom. The van der Waals surface area contributed by atoms with E-state index < -0.39 is 6.04 Å². The van der Waals surface area contributed by atoms with Crippen LogP contribution in [0.5, 0.6) is 0 Å². The first-order valence-electron chi connectivity index (χ1n) is 12.3. The smallest absolute Gasteiger partial charge is 0.322 e. The molecule has 0 unspecified atom stereocenters. The molecule has 35 heavy (non-hydrogen) atoms. The van der Waals surface area contributed by atoms with Gasteiger partial charge in [-0.05, 0) is 61.3 Å². The lowest BCUT2D eigenvalue weighted by Crippen LogP contribution is -2.45. The zero-order valence-corrected chi connectivity index (χ0v) is 22.9. The lowest BCUT2D eigenvalue weighted by molar-refractivity contribution is -0.119. The summed E-state index contributed by atoms with van der Waals surface area (Å²) < 4.78 is 5.49. The summed E-state index contributed by atoms with van der Waals surface area (Å²) >= 11 is 3.42. The zero-order valence-electron chi connectivity index (χ0n) is 21.3. The number of likely N-dealkylation sites (tertiary alicyclic amines) is 1. The van der Waals surface area contributed by atoms with Crippen LogP contribution in [0.1, 0.15) is 43.9 Å². The standard InChI is InChI=1S/C25H31BrN4O3.C2H6/c1-16-10-19-11-21(9-6-18(19)14-29(16)2)27-24(31)23-12-22(33-3)15-30(23)25(32)28-20-7-4-17(13-26)5-8-20;1-2/h4-9,11,16,22-23H,10,12-15H2,1-3H3,(H,27,31)(H,28,32);1-2H3/t16-,22+,23+;/m0./s1. The Morgan fingerprint density at radius 1 is 1.06 bits per heavy atom. The number of hydrogen-bond acceptors (Lipinski definition) is 4. The van der Waals surface area contributed by atoms with E-state index >= 15 is 0 Å². The third-order valence-electron chi connectivity index (χ3n) is 6.68. The maximum Gasteiger partial charge on any atom is 0.322 e. The Hall–Kier alpha value is -2.42. The van der Waals surface area contributed by atoms with Crippen molar-refractivity contribution < 1.29 is 14.3 Å². The summed E-state index contributed by atoms with van der Waals surface area (Å²) in [5.41, 5.74) is 5.14. The molecule has 8 heteroatoms. The van der Waals surface area contributed by atoms with E-state index in [9.17, 15) is 9.59 Å². The van der Waals surface area contributed by atoms with Gasteiger partial charge in [0.2, 0.25) is 5.91 Å². The molecule has 2 aromatic rings. The molecule has 2 aromatic carbocycles. The maximum atomic E-state index is 13.2. The van der Waals surface area contributed by atoms with Crippen LogP contribution in [0.4, 0.5) is 16.2 Å². The molecule has 2 aliphatic rings. The average molecular weight is 546 g/mol. The van der Waals surface area contributed by atoms with Crippen molar-refractivity contribution in [2.75, 3.05) is 31.3 Å². The number of rotatable bonds is 5. The number of likely N-dealkylation sites (N-methyl/N-ethyl adjacent to an activating group) is 1. The molecule has 190 valence electrons. The van der Waals surface area contributed by atoms with E-state index in [2.05, 4.69) is 57.6 Å². The molecule has 0 radical (unpaired) electrons. The fraction of sp³-hybridized carbons (Fsp3) is 0.481. The van der Waals surface area contributed by atoms with Gasteiger partial charge in [0.15, 0.2) is 0 Å². The highest BCUT2D eigenvalue weighted by molar-refractivity contribution is 9.08. The van der Waals surface area contributed by atoms with Crippen molar-refractivity contribution in [3.63, 3.8) is 0 Å². The van der Waals surface area contributed by atoms with E-state index in [0.717, 1.165) is 29.5 Å². The van der Waals surface area contributed by atoms with Gasteiger partial charge in [-0.3, -0.25) is 9.69 Å². The van der Waals surface area contributed by atoms with Gasteiger partial charge >= 0.3 is 6.03 Å². The molecule has 4 rings (SSSR count). The number of ether oxygens (including phenoxy) is 1. The largest absolute Gasteiger partial charge is 0.380 e. The minimum atomic E-state index is -0.599. The van der Waals surface area contributed by atoms with E-state index in [-0.39, 0.29) is 18.0 Å². The predicted molar refractivity (Wildman–Crippen MR) is 145 cm³/mol. The molecule has 3 amide bonds. The SMILES string of the molecule is CC.CO[C@@H]1C[C@H](C(=O)Nc2ccc3c(c2)C[C@H](C)N(C)C3)N(C(=O)Nc2ccc(CBr)cc2)C1. The molecule has 0 spiro atoms. The van der Waals surface area contributed by atoms with Crippen LogP contribution in [0.15, 0.2) is 42.5 Å². The molecule has 7 nitrogen and oxygen atoms in total. The molecular formula is C27H37BrN4O3. The van der Waals surface area contributed by atoms with Gasteiger partial charge in [-0.1, -0.05) is 48.0 Å². The number of alkyl halides is 1. The summed E-state index contributed by atoms with van der Waals surface area (Å²) in [4.78, 5) is 30.1.